The molecule has 39 heavy (non-hydrogen) atoms. The summed E-state index contributed by atoms with van der Waals surface area (Å²) in [7, 11) is 0. The van der Waals surface area contributed by atoms with Crippen LogP contribution >= 0.6 is 0 Å². The van der Waals surface area contributed by atoms with Crippen LogP contribution in [0.4, 0.5) is 16.3 Å². The van der Waals surface area contributed by atoms with Gasteiger partial charge in [-0.25, -0.2) is 0 Å². The maximum atomic E-state index is 12.5. The molecular weight excluding hydrogens is 599 g/mol. The number of fused-ring (bicyclic) bond motifs is 1. The molecule has 0 saturated carbocycles. The molecule has 216 valence electrons. The summed E-state index contributed by atoms with van der Waals surface area (Å²) < 4.78 is 10.1. The number of piperazine rings is 1. The van der Waals surface area contributed by atoms with Gasteiger partial charge in [-0.05, 0) is 20.8 Å². The van der Waals surface area contributed by atoms with Crippen LogP contribution in [0.5, 0.6) is 0 Å². The zero-order valence-corrected chi connectivity index (χ0v) is 27.8. The van der Waals surface area contributed by atoms with Gasteiger partial charge in [0.2, 0.25) is 0 Å². The van der Waals surface area contributed by atoms with Crippen LogP contribution in [0.3, 0.4) is 0 Å². The first-order chi connectivity index (χ1) is 18.5. The Hall–Kier alpha value is -2.10. The molecule has 1 aromatic carbocycles. The second kappa shape index (κ2) is 14.0. The molecule has 0 aliphatic carbocycles. The Balaban J connectivity index is 1.99. The first kappa shape index (κ1) is 31.4. The minimum absolute atomic E-state index is 0.145. The van der Waals surface area contributed by atoms with Crippen molar-refractivity contribution in [3.8, 4) is 0 Å². The molecule has 0 N–H and O–H groups in total. The van der Waals surface area contributed by atoms with Gasteiger partial charge in [0.1, 0.15) is 0 Å². The maximum absolute atomic E-state index is 12.5. The third-order valence-corrected chi connectivity index (χ3v) is 23.6. The number of nitro groups is 1. The average molecular weight is 647 g/mol. The molecule has 1 amide bonds. The molecule has 8 nitrogen and oxygen atoms in total. The number of unbranched alkanes of at least 4 members (excludes halogenated alkanes) is 3. The van der Waals surface area contributed by atoms with Crippen molar-refractivity contribution in [1.82, 2.24) is 9.88 Å². The summed E-state index contributed by atoms with van der Waals surface area (Å²) in [5, 5.41) is 13.4. The van der Waals surface area contributed by atoms with Crippen molar-refractivity contribution >= 4 is 50.5 Å². The van der Waals surface area contributed by atoms with Gasteiger partial charge in [0.15, 0.2) is 0 Å². The monoisotopic (exact) mass is 648 g/mol. The van der Waals surface area contributed by atoms with E-state index in [-0.39, 0.29) is 11.0 Å². The van der Waals surface area contributed by atoms with Gasteiger partial charge >= 0.3 is 218 Å². The molecule has 9 heteroatoms. The van der Waals surface area contributed by atoms with E-state index in [4.69, 9.17) is 9.72 Å². The van der Waals surface area contributed by atoms with Crippen molar-refractivity contribution in [3.63, 3.8) is 0 Å². The van der Waals surface area contributed by atoms with Gasteiger partial charge < -0.3 is 0 Å². The Morgan fingerprint density at radius 3 is 2.00 bits per heavy atom. The number of carbonyl (C=O) groups is 1. The van der Waals surface area contributed by atoms with E-state index in [1.165, 1.54) is 13.3 Å². The Morgan fingerprint density at radius 1 is 0.949 bits per heavy atom. The molecule has 1 aliphatic heterocycles. The Labute approximate surface area is 238 Å². The molecule has 1 saturated heterocycles. The first-order valence-electron chi connectivity index (χ1n) is 14.9. The normalized spacial score (nSPS) is 14.6. The average Bonchev–Trinajstić information content (AvgIpc) is 2.91. The fourth-order valence-corrected chi connectivity index (χ4v) is 23.2. The molecule has 1 aliphatic rings. The number of nitro benzene ring substituents is 1. The van der Waals surface area contributed by atoms with E-state index in [1.807, 2.05) is 32.9 Å². The third-order valence-electron chi connectivity index (χ3n) is 7.84. The number of nitrogens with zero attached hydrogens (tertiary/aromatic N) is 4. The van der Waals surface area contributed by atoms with Crippen molar-refractivity contribution in [3.05, 3.63) is 34.4 Å². The summed E-state index contributed by atoms with van der Waals surface area (Å²) >= 11 is -3.15. The first-order valence-corrected chi connectivity index (χ1v) is 22.3. The fourth-order valence-electron chi connectivity index (χ4n) is 5.81. The van der Waals surface area contributed by atoms with Crippen LogP contribution in [0.2, 0.25) is 13.3 Å². The minimum atomic E-state index is -3.15. The number of benzene rings is 1. The number of rotatable bonds is 12. The molecule has 0 bridgehead atoms. The number of anilines is 1. The number of hydrogen-bond acceptors (Lipinski definition) is 6. The summed E-state index contributed by atoms with van der Waals surface area (Å²) in [5.74, 6) is 0.864. The fraction of sp³-hybridized carbons (Fsp3) is 0.667. The van der Waals surface area contributed by atoms with Gasteiger partial charge in [-0.1, -0.05) is 0 Å². The van der Waals surface area contributed by atoms with Crippen LogP contribution in [0.1, 0.15) is 80.1 Å². The van der Waals surface area contributed by atoms with Gasteiger partial charge in [0.05, 0.1) is 0 Å². The van der Waals surface area contributed by atoms with Crippen molar-refractivity contribution in [2.45, 2.75) is 99.0 Å². The van der Waals surface area contributed by atoms with E-state index < -0.39 is 24.0 Å². The molecule has 2 heterocycles. The number of carbonyl (C=O) groups excluding carboxylic acids is 1. The van der Waals surface area contributed by atoms with E-state index in [0.29, 0.717) is 31.9 Å². The molecular formula is C30H48N4O4Sn. The van der Waals surface area contributed by atoms with Crippen LogP contribution in [0.25, 0.3) is 10.9 Å². The van der Waals surface area contributed by atoms with E-state index in [1.54, 1.807) is 11.0 Å². The van der Waals surface area contributed by atoms with E-state index in [9.17, 15) is 14.9 Å². The Morgan fingerprint density at radius 2 is 1.51 bits per heavy atom. The summed E-state index contributed by atoms with van der Waals surface area (Å²) in [5.41, 5.74) is 0.662. The van der Waals surface area contributed by atoms with Crippen LogP contribution < -0.4 is 8.48 Å². The standard InChI is InChI=1S/C18H21N4O4.3C4H9.Sn/c1-18(2,3)26-17(23)21-10-8-20(9-11-21)16-7-4-13-12-14(22(24)25)5-6-15(13)19-16;3*1-3-4-2;/h4-7H,8-11H2,1-3H3;3*1,3-4H2,2H3;. The molecule has 0 radical (unpaired) electrons. The summed E-state index contributed by atoms with van der Waals surface area (Å²) in [4.78, 5) is 33.7. The van der Waals surface area contributed by atoms with Gasteiger partial charge in [0.25, 0.3) is 0 Å². The topological polar surface area (TPSA) is 88.8 Å². The van der Waals surface area contributed by atoms with Crippen LogP contribution in [0, 0.1) is 10.1 Å². The number of aromatic nitrogens is 1. The zero-order valence-electron chi connectivity index (χ0n) is 24.9. The van der Waals surface area contributed by atoms with Crippen molar-refractivity contribution in [2.75, 3.05) is 31.1 Å². The number of pyridine rings is 1. The second-order valence-corrected chi connectivity index (χ2v) is 25.0. The predicted molar refractivity (Wildman–Crippen MR) is 163 cm³/mol. The number of amides is 1. The number of hydrogen-bond donors (Lipinski definition) is 0. The predicted octanol–water partition coefficient (Wildman–Crippen LogP) is 7.26. The molecule has 1 fully saturated rings. The van der Waals surface area contributed by atoms with Crippen LogP contribution in [-0.2, 0) is 4.74 Å². The second-order valence-electron chi connectivity index (χ2n) is 12.0. The zero-order chi connectivity index (χ0) is 28.6. The van der Waals surface area contributed by atoms with Crippen molar-refractivity contribution < 1.29 is 14.5 Å². The van der Waals surface area contributed by atoms with E-state index in [0.717, 1.165) is 58.8 Å². The number of ether oxygens (including phenoxy) is 1. The summed E-state index contributed by atoms with van der Waals surface area (Å²) in [6, 6.07) is 7.71. The molecule has 3 rings (SSSR count). The van der Waals surface area contributed by atoms with Gasteiger partial charge in [0, 0.05) is 0 Å². The molecule has 0 atom stereocenters. The van der Waals surface area contributed by atoms with Crippen LogP contribution in [-0.4, -0.2) is 71.1 Å². The van der Waals surface area contributed by atoms with Gasteiger partial charge in [-0.3, -0.25) is 0 Å². The SMILES string of the molecule is CCC[CH2][Sn]([CH2]CCC)([CH2]CCC)[c]1c([N+](=O)[O-])ccc2nc(N3CCN(C(=O)OC(C)(C)C)CC3)ccc12. The van der Waals surface area contributed by atoms with Gasteiger partial charge in [-0.2, -0.15) is 0 Å². The quantitative estimate of drug-likeness (QED) is 0.137. The molecule has 1 aromatic heterocycles. The summed E-state index contributed by atoms with van der Waals surface area (Å²) in [6.07, 6.45) is 6.51. The van der Waals surface area contributed by atoms with Crippen molar-refractivity contribution in [2.24, 2.45) is 0 Å². The molecule has 2 aromatic rings. The Kier molecular flexibility index (Phi) is 11.3. The van der Waals surface area contributed by atoms with Crippen molar-refractivity contribution in [1.29, 1.82) is 0 Å². The Bertz CT molecular complexity index is 1100. The van der Waals surface area contributed by atoms with E-state index >= 15 is 0 Å². The third kappa shape index (κ3) is 7.98. The summed E-state index contributed by atoms with van der Waals surface area (Å²) in [6.45, 7) is 14.8. The molecule has 0 unspecified atom stereocenters. The van der Waals surface area contributed by atoms with Crippen LogP contribution in [0.15, 0.2) is 24.3 Å². The van der Waals surface area contributed by atoms with E-state index in [2.05, 4.69) is 31.7 Å². The molecule has 0 spiro atoms. The van der Waals surface area contributed by atoms with Gasteiger partial charge in [-0.15, -0.1) is 0 Å².